The van der Waals surface area contributed by atoms with E-state index in [-0.39, 0.29) is 5.82 Å². The first-order chi connectivity index (χ1) is 7.75. The number of anilines is 1. The second-order valence-electron chi connectivity index (χ2n) is 3.16. The van der Waals surface area contributed by atoms with Gasteiger partial charge in [0.1, 0.15) is 0 Å². The van der Waals surface area contributed by atoms with Gasteiger partial charge in [0.05, 0.1) is 6.20 Å². The first-order valence-corrected chi connectivity index (χ1v) is 5.69. The molecule has 0 aliphatic carbocycles. The molecule has 0 spiro atoms. The molecule has 0 bridgehead atoms. The summed E-state index contributed by atoms with van der Waals surface area (Å²) in [5, 5.41) is 0.489. The Morgan fingerprint density at radius 2 is 2.00 bits per heavy atom. The standard InChI is InChI=1S/C11H10FN3S/c12-9-6-14-11(15-10(9)13)16-7-8-4-2-1-3-5-8/h1-6H,7H2,(H2,13,14,15). The van der Waals surface area contributed by atoms with Gasteiger partial charge in [-0.15, -0.1) is 0 Å². The van der Waals surface area contributed by atoms with Gasteiger partial charge in [0.15, 0.2) is 16.8 Å². The van der Waals surface area contributed by atoms with Crippen molar-refractivity contribution in [2.45, 2.75) is 10.9 Å². The molecule has 1 heterocycles. The van der Waals surface area contributed by atoms with E-state index >= 15 is 0 Å². The number of nitrogens with zero attached hydrogens (tertiary/aromatic N) is 2. The molecule has 2 aromatic rings. The van der Waals surface area contributed by atoms with Crippen molar-refractivity contribution < 1.29 is 4.39 Å². The summed E-state index contributed by atoms with van der Waals surface area (Å²) in [6, 6.07) is 9.92. The number of aromatic nitrogens is 2. The van der Waals surface area contributed by atoms with Crippen molar-refractivity contribution in [3.63, 3.8) is 0 Å². The van der Waals surface area contributed by atoms with Crippen molar-refractivity contribution in [2.75, 3.05) is 5.73 Å². The van der Waals surface area contributed by atoms with Gasteiger partial charge in [-0.05, 0) is 5.56 Å². The van der Waals surface area contributed by atoms with Gasteiger partial charge in [0, 0.05) is 5.75 Å². The zero-order valence-electron chi connectivity index (χ0n) is 8.43. The summed E-state index contributed by atoms with van der Waals surface area (Å²) in [4.78, 5) is 7.69. The van der Waals surface area contributed by atoms with E-state index in [0.717, 1.165) is 11.9 Å². The van der Waals surface area contributed by atoms with Gasteiger partial charge in [0.2, 0.25) is 0 Å². The van der Waals surface area contributed by atoms with Crippen LogP contribution in [0, 0.1) is 5.82 Å². The van der Waals surface area contributed by atoms with Crippen LogP contribution in [-0.2, 0) is 5.75 Å². The molecule has 2 N–H and O–H groups in total. The highest BCUT2D eigenvalue weighted by Gasteiger charge is 2.03. The molecule has 16 heavy (non-hydrogen) atoms. The highest BCUT2D eigenvalue weighted by molar-refractivity contribution is 7.98. The van der Waals surface area contributed by atoms with Crippen LogP contribution < -0.4 is 5.73 Å². The molecule has 5 heteroatoms. The van der Waals surface area contributed by atoms with E-state index in [1.165, 1.54) is 17.3 Å². The lowest BCUT2D eigenvalue weighted by Gasteiger charge is -2.01. The van der Waals surface area contributed by atoms with E-state index in [1.54, 1.807) is 0 Å². The number of nitrogen functional groups attached to an aromatic ring is 1. The first kappa shape index (κ1) is 10.9. The number of halogens is 1. The molecule has 1 aromatic carbocycles. The summed E-state index contributed by atoms with van der Waals surface area (Å²) in [5.74, 6) is 0.0564. The Kier molecular flexibility index (Phi) is 3.36. The third-order valence-corrected chi connectivity index (χ3v) is 2.89. The molecule has 0 saturated heterocycles. The average molecular weight is 235 g/mol. The van der Waals surface area contributed by atoms with Crippen LogP contribution in [0.5, 0.6) is 0 Å². The zero-order valence-corrected chi connectivity index (χ0v) is 9.25. The molecule has 3 nitrogen and oxygen atoms in total. The molecule has 0 atom stereocenters. The van der Waals surface area contributed by atoms with E-state index < -0.39 is 5.82 Å². The molecule has 0 fully saturated rings. The van der Waals surface area contributed by atoms with Crippen LogP contribution in [0.15, 0.2) is 41.7 Å². The zero-order chi connectivity index (χ0) is 11.4. The smallest absolute Gasteiger partial charge is 0.189 e. The minimum atomic E-state index is -0.580. The fourth-order valence-electron chi connectivity index (χ4n) is 1.16. The van der Waals surface area contributed by atoms with Crippen LogP contribution in [0.4, 0.5) is 10.2 Å². The Balaban J connectivity index is 2.03. The summed E-state index contributed by atoms with van der Waals surface area (Å²) in [5.41, 5.74) is 6.52. The Hall–Kier alpha value is -1.62. The number of benzene rings is 1. The maximum absolute atomic E-state index is 12.8. The third-order valence-electron chi connectivity index (χ3n) is 1.96. The lowest BCUT2D eigenvalue weighted by atomic mass is 10.2. The van der Waals surface area contributed by atoms with E-state index in [9.17, 15) is 4.39 Å². The van der Waals surface area contributed by atoms with Gasteiger partial charge < -0.3 is 5.73 Å². The van der Waals surface area contributed by atoms with Crippen LogP contribution in [0.1, 0.15) is 5.56 Å². The van der Waals surface area contributed by atoms with E-state index in [2.05, 4.69) is 9.97 Å². The molecule has 1 aromatic heterocycles. The van der Waals surface area contributed by atoms with Crippen molar-refractivity contribution in [1.82, 2.24) is 9.97 Å². The fraction of sp³-hybridized carbons (Fsp3) is 0.0909. The Bertz CT molecular complexity index is 476. The number of hydrogen-bond donors (Lipinski definition) is 1. The highest BCUT2D eigenvalue weighted by Crippen LogP contribution is 2.20. The lowest BCUT2D eigenvalue weighted by molar-refractivity contribution is 0.612. The predicted octanol–water partition coefficient (Wildman–Crippen LogP) is 2.49. The molecule has 0 amide bonds. The van der Waals surface area contributed by atoms with Crippen molar-refractivity contribution in [3.05, 3.63) is 47.9 Å². The quantitative estimate of drug-likeness (QED) is 0.656. The van der Waals surface area contributed by atoms with Crippen molar-refractivity contribution in [2.24, 2.45) is 0 Å². The van der Waals surface area contributed by atoms with Crippen LogP contribution >= 0.6 is 11.8 Å². The average Bonchev–Trinajstić information content (AvgIpc) is 2.32. The normalized spacial score (nSPS) is 10.3. The largest absolute Gasteiger partial charge is 0.381 e. The molecular weight excluding hydrogens is 225 g/mol. The highest BCUT2D eigenvalue weighted by atomic mass is 32.2. The number of thioether (sulfide) groups is 1. The molecule has 0 unspecified atom stereocenters. The van der Waals surface area contributed by atoms with Gasteiger partial charge in [-0.1, -0.05) is 42.1 Å². The molecule has 0 saturated carbocycles. The number of rotatable bonds is 3. The number of hydrogen-bond acceptors (Lipinski definition) is 4. The molecule has 82 valence electrons. The maximum Gasteiger partial charge on any atom is 0.189 e. The van der Waals surface area contributed by atoms with Crippen LogP contribution in [-0.4, -0.2) is 9.97 Å². The summed E-state index contributed by atoms with van der Waals surface area (Å²) >= 11 is 1.43. The Morgan fingerprint density at radius 1 is 1.25 bits per heavy atom. The van der Waals surface area contributed by atoms with Gasteiger partial charge in [-0.25, -0.2) is 14.4 Å². The van der Waals surface area contributed by atoms with Gasteiger partial charge in [-0.3, -0.25) is 0 Å². The second-order valence-corrected chi connectivity index (χ2v) is 4.10. The van der Waals surface area contributed by atoms with Gasteiger partial charge in [0.25, 0.3) is 0 Å². The minimum absolute atomic E-state index is 0.106. The minimum Gasteiger partial charge on any atom is -0.381 e. The van der Waals surface area contributed by atoms with Gasteiger partial charge in [-0.2, -0.15) is 0 Å². The van der Waals surface area contributed by atoms with Crippen molar-refractivity contribution in [3.8, 4) is 0 Å². The molecule has 0 aliphatic rings. The maximum atomic E-state index is 12.8. The van der Waals surface area contributed by atoms with E-state index in [4.69, 9.17) is 5.73 Å². The monoisotopic (exact) mass is 235 g/mol. The lowest BCUT2D eigenvalue weighted by Crippen LogP contribution is -1.98. The van der Waals surface area contributed by atoms with Crippen LogP contribution in [0.2, 0.25) is 0 Å². The van der Waals surface area contributed by atoms with Gasteiger partial charge >= 0.3 is 0 Å². The van der Waals surface area contributed by atoms with Crippen LogP contribution in [0.25, 0.3) is 0 Å². The molecular formula is C11H10FN3S. The van der Waals surface area contributed by atoms with Crippen molar-refractivity contribution in [1.29, 1.82) is 0 Å². The molecule has 2 rings (SSSR count). The summed E-state index contributed by atoms with van der Waals surface area (Å²) in [6.07, 6.45) is 1.09. The molecule has 0 aliphatic heterocycles. The third kappa shape index (κ3) is 2.70. The van der Waals surface area contributed by atoms with Crippen molar-refractivity contribution >= 4 is 17.6 Å². The number of nitrogens with two attached hydrogens (primary N) is 1. The predicted molar refractivity (Wildman–Crippen MR) is 62.4 cm³/mol. The fourth-order valence-corrected chi connectivity index (χ4v) is 1.93. The second kappa shape index (κ2) is 4.94. The SMILES string of the molecule is Nc1nc(SCc2ccccc2)ncc1F. The first-order valence-electron chi connectivity index (χ1n) is 4.70. The topological polar surface area (TPSA) is 51.8 Å². The summed E-state index contributed by atoms with van der Waals surface area (Å²) in [7, 11) is 0. The van der Waals surface area contributed by atoms with E-state index in [0.29, 0.717) is 5.16 Å². The Labute approximate surface area is 96.9 Å². The van der Waals surface area contributed by atoms with E-state index in [1.807, 2.05) is 30.3 Å². The van der Waals surface area contributed by atoms with Crippen LogP contribution in [0.3, 0.4) is 0 Å². The summed E-state index contributed by atoms with van der Waals surface area (Å²) in [6.45, 7) is 0. The Morgan fingerprint density at radius 3 is 2.69 bits per heavy atom. The summed E-state index contributed by atoms with van der Waals surface area (Å²) < 4.78 is 12.8. The molecule has 0 radical (unpaired) electrons.